The van der Waals surface area contributed by atoms with Crippen molar-refractivity contribution in [2.45, 2.75) is 20.3 Å². The quantitative estimate of drug-likeness (QED) is 0.587. The lowest BCUT2D eigenvalue weighted by Gasteiger charge is -2.13. The fourth-order valence-corrected chi connectivity index (χ4v) is 2.48. The summed E-state index contributed by atoms with van der Waals surface area (Å²) in [6.45, 7) is 7.40. The third-order valence-corrected chi connectivity index (χ3v) is 4.17. The number of likely N-dealkylation sites (N-methyl/N-ethyl adjacent to an activating group) is 1. The summed E-state index contributed by atoms with van der Waals surface area (Å²) in [5.74, 6) is 0.570. The van der Waals surface area contributed by atoms with Crippen LogP contribution in [0, 0.1) is 0 Å². The Morgan fingerprint density at radius 3 is 2.33 bits per heavy atom. The van der Waals surface area contributed by atoms with E-state index in [0.717, 1.165) is 19.6 Å². The van der Waals surface area contributed by atoms with Crippen LogP contribution in [0.5, 0.6) is 0 Å². The minimum Gasteiger partial charge on any atom is -0.314 e. The lowest BCUT2D eigenvalue weighted by Crippen LogP contribution is -2.32. The van der Waals surface area contributed by atoms with E-state index in [2.05, 4.69) is 24.2 Å². The third kappa shape index (κ3) is 8.84. The second kappa shape index (κ2) is 8.07. The van der Waals surface area contributed by atoms with Gasteiger partial charge in [-0.1, -0.05) is 13.8 Å². The molecule has 0 fully saturated rings. The molecule has 0 aromatic carbocycles. The molecule has 0 radical (unpaired) electrons. The van der Waals surface area contributed by atoms with Gasteiger partial charge in [0.25, 0.3) is 0 Å². The van der Waals surface area contributed by atoms with Crippen molar-refractivity contribution in [3.05, 3.63) is 0 Å². The molecule has 0 rings (SSSR count). The fourth-order valence-electron chi connectivity index (χ4n) is 1.19. The van der Waals surface area contributed by atoms with Crippen LogP contribution in [0.3, 0.4) is 0 Å². The fraction of sp³-hybridized carbons (Fsp3) is 1.00. The van der Waals surface area contributed by atoms with Gasteiger partial charge in [0.15, 0.2) is 9.84 Å². The zero-order valence-corrected chi connectivity index (χ0v) is 10.9. The molecule has 0 aliphatic heterocycles. The molecule has 0 aliphatic carbocycles. The van der Waals surface area contributed by atoms with Crippen LogP contribution in [-0.2, 0) is 9.84 Å². The molecule has 0 amide bonds. The van der Waals surface area contributed by atoms with Crippen LogP contribution in [0.1, 0.15) is 20.3 Å². The molecule has 0 saturated heterocycles. The molecule has 0 spiro atoms. The Morgan fingerprint density at radius 2 is 1.80 bits per heavy atom. The Kier molecular flexibility index (Phi) is 8.00. The predicted octanol–water partition coefficient (Wildman–Crippen LogP) is 0.353. The SMILES string of the molecule is CCCS(=O)(=O)CCNCCN(C)CC. The molecule has 0 heterocycles. The summed E-state index contributed by atoms with van der Waals surface area (Å²) in [5.41, 5.74) is 0. The van der Waals surface area contributed by atoms with Crippen LogP contribution in [0.15, 0.2) is 0 Å². The molecule has 0 aliphatic rings. The first-order valence-electron chi connectivity index (χ1n) is 5.61. The first-order valence-corrected chi connectivity index (χ1v) is 7.43. The highest BCUT2D eigenvalue weighted by Gasteiger charge is 2.07. The Hall–Kier alpha value is -0.130. The van der Waals surface area contributed by atoms with Crippen molar-refractivity contribution >= 4 is 9.84 Å². The number of hydrogen-bond acceptors (Lipinski definition) is 4. The van der Waals surface area contributed by atoms with Crippen molar-refractivity contribution in [3.8, 4) is 0 Å². The van der Waals surface area contributed by atoms with E-state index < -0.39 is 9.84 Å². The van der Waals surface area contributed by atoms with Gasteiger partial charge in [0.2, 0.25) is 0 Å². The highest BCUT2D eigenvalue weighted by atomic mass is 32.2. The monoisotopic (exact) mass is 236 g/mol. The second-order valence-electron chi connectivity index (χ2n) is 3.80. The van der Waals surface area contributed by atoms with Crippen LogP contribution in [0.25, 0.3) is 0 Å². The Morgan fingerprint density at radius 1 is 1.13 bits per heavy atom. The molecule has 0 bridgehead atoms. The van der Waals surface area contributed by atoms with Crippen molar-refractivity contribution in [3.63, 3.8) is 0 Å². The maximum atomic E-state index is 11.3. The molecular formula is C10H24N2O2S. The summed E-state index contributed by atoms with van der Waals surface area (Å²) >= 11 is 0. The topological polar surface area (TPSA) is 49.4 Å². The normalized spacial score (nSPS) is 12.3. The van der Waals surface area contributed by atoms with Gasteiger partial charge in [-0.3, -0.25) is 0 Å². The van der Waals surface area contributed by atoms with Gasteiger partial charge in [0, 0.05) is 25.4 Å². The molecule has 0 saturated carbocycles. The van der Waals surface area contributed by atoms with E-state index in [-0.39, 0.29) is 5.75 Å². The van der Waals surface area contributed by atoms with Crippen molar-refractivity contribution in [2.75, 3.05) is 44.7 Å². The predicted molar refractivity (Wildman–Crippen MR) is 65.0 cm³/mol. The van der Waals surface area contributed by atoms with E-state index in [9.17, 15) is 8.42 Å². The van der Waals surface area contributed by atoms with Gasteiger partial charge in [-0.15, -0.1) is 0 Å². The molecule has 0 aromatic heterocycles. The standard InChI is InChI=1S/C10H24N2O2S/c1-4-9-15(13,14)10-7-11-6-8-12(3)5-2/h11H,4-10H2,1-3H3. The largest absolute Gasteiger partial charge is 0.314 e. The molecule has 15 heavy (non-hydrogen) atoms. The molecule has 0 atom stereocenters. The summed E-state index contributed by atoms with van der Waals surface area (Å²) in [5, 5.41) is 3.14. The van der Waals surface area contributed by atoms with Gasteiger partial charge < -0.3 is 10.2 Å². The number of sulfone groups is 1. The summed E-state index contributed by atoms with van der Waals surface area (Å²) in [4.78, 5) is 2.19. The number of nitrogens with one attached hydrogen (secondary N) is 1. The van der Waals surface area contributed by atoms with Crippen LogP contribution < -0.4 is 5.32 Å². The zero-order valence-electron chi connectivity index (χ0n) is 10.1. The van der Waals surface area contributed by atoms with Crippen molar-refractivity contribution < 1.29 is 8.42 Å². The van der Waals surface area contributed by atoms with E-state index in [1.807, 2.05) is 6.92 Å². The smallest absolute Gasteiger partial charge is 0.151 e. The maximum absolute atomic E-state index is 11.3. The minimum absolute atomic E-state index is 0.261. The lowest BCUT2D eigenvalue weighted by atomic mass is 10.5. The molecule has 4 nitrogen and oxygen atoms in total. The first-order chi connectivity index (χ1) is 7.02. The van der Waals surface area contributed by atoms with Gasteiger partial charge in [-0.05, 0) is 20.0 Å². The molecule has 0 aromatic rings. The van der Waals surface area contributed by atoms with E-state index >= 15 is 0 Å². The van der Waals surface area contributed by atoms with E-state index in [1.165, 1.54) is 0 Å². The van der Waals surface area contributed by atoms with E-state index in [4.69, 9.17) is 0 Å². The van der Waals surface area contributed by atoms with Gasteiger partial charge >= 0.3 is 0 Å². The van der Waals surface area contributed by atoms with Gasteiger partial charge in [0.1, 0.15) is 0 Å². The van der Waals surface area contributed by atoms with Crippen LogP contribution in [0.4, 0.5) is 0 Å². The molecule has 1 N–H and O–H groups in total. The van der Waals surface area contributed by atoms with Crippen molar-refractivity contribution in [2.24, 2.45) is 0 Å². The van der Waals surface area contributed by atoms with Gasteiger partial charge in [-0.2, -0.15) is 0 Å². The Bertz CT molecular complexity index is 240. The Balaban J connectivity index is 3.46. The number of nitrogens with zero attached hydrogens (tertiary/aromatic N) is 1. The van der Waals surface area contributed by atoms with E-state index in [0.29, 0.717) is 18.7 Å². The summed E-state index contributed by atoms with van der Waals surface area (Å²) in [6.07, 6.45) is 0.709. The third-order valence-electron chi connectivity index (χ3n) is 2.32. The van der Waals surface area contributed by atoms with Crippen LogP contribution in [0.2, 0.25) is 0 Å². The molecular weight excluding hydrogens is 212 g/mol. The van der Waals surface area contributed by atoms with Crippen LogP contribution >= 0.6 is 0 Å². The lowest BCUT2D eigenvalue weighted by molar-refractivity contribution is 0.351. The minimum atomic E-state index is -2.81. The second-order valence-corrected chi connectivity index (χ2v) is 6.10. The number of rotatable bonds is 9. The highest BCUT2D eigenvalue weighted by Crippen LogP contribution is 1.91. The average Bonchev–Trinajstić information content (AvgIpc) is 2.16. The summed E-state index contributed by atoms with van der Waals surface area (Å²) in [6, 6.07) is 0. The van der Waals surface area contributed by atoms with Gasteiger partial charge in [-0.25, -0.2) is 8.42 Å². The first kappa shape index (κ1) is 14.9. The molecule has 5 heteroatoms. The average molecular weight is 236 g/mol. The van der Waals surface area contributed by atoms with E-state index in [1.54, 1.807) is 0 Å². The van der Waals surface area contributed by atoms with Crippen LogP contribution in [-0.4, -0.2) is 58.1 Å². The zero-order chi connectivity index (χ0) is 11.7. The highest BCUT2D eigenvalue weighted by molar-refractivity contribution is 7.91. The van der Waals surface area contributed by atoms with Crippen molar-refractivity contribution in [1.82, 2.24) is 10.2 Å². The maximum Gasteiger partial charge on any atom is 0.151 e. The summed E-state index contributed by atoms with van der Waals surface area (Å²) < 4.78 is 22.7. The van der Waals surface area contributed by atoms with Gasteiger partial charge in [0.05, 0.1) is 5.75 Å². The Labute approximate surface area is 94.0 Å². The molecule has 0 unspecified atom stereocenters. The molecule has 92 valence electrons. The van der Waals surface area contributed by atoms with Crippen molar-refractivity contribution in [1.29, 1.82) is 0 Å². The number of hydrogen-bond donors (Lipinski definition) is 1. The summed E-state index contributed by atoms with van der Waals surface area (Å²) in [7, 11) is -0.763.